The fraction of sp³-hybridized carbons (Fsp3) is 0.0455. The molecule has 1 saturated heterocycles. The molecular weight excluding hydrogens is 374 g/mol. The second-order valence-electron chi connectivity index (χ2n) is 6.19. The van der Waals surface area contributed by atoms with E-state index in [2.05, 4.69) is 12.1 Å². The summed E-state index contributed by atoms with van der Waals surface area (Å²) in [5.41, 5.74) is 2.26. The largest absolute Gasteiger partial charge is 0.295 e. The van der Waals surface area contributed by atoms with E-state index < -0.39 is 0 Å². The van der Waals surface area contributed by atoms with E-state index in [1.165, 1.54) is 23.6 Å². The highest BCUT2D eigenvalue weighted by molar-refractivity contribution is 8.27. The Labute approximate surface area is 166 Å². The Hall–Kier alpha value is -2.76. The lowest BCUT2D eigenvalue weighted by Gasteiger charge is -2.14. The minimum absolute atomic E-state index is 0.0113. The third-order valence-electron chi connectivity index (χ3n) is 4.44. The summed E-state index contributed by atoms with van der Waals surface area (Å²) in [6, 6.07) is 21.0. The van der Waals surface area contributed by atoms with Gasteiger partial charge in [0.2, 0.25) is 0 Å². The number of thioether (sulfide) groups is 1. The first-order chi connectivity index (χ1) is 13.0. The summed E-state index contributed by atoms with van der Waals surface area (Å²) < 4.78 is 0.488. The zero-order valence-electron chi connectivity index (χ0n) is 14.5. The van der Waals surface area contributed by atoms with Gasteiger partial charge in [-0.1, -0.05) is 66.4 Å². The molecule has 5 heteroatoms. The number of benzene rings is 3. The summed E-state index contributed by atoms with van der Waals surface area (Å²) in [6.45, 7) is 1.52. The van der Waals surface area contributed by atoms with Crippen molar-refractivity contribution in [3.8, 4) is 0 Å². The number of anilines is 1. The maximum absolute atomic E-state index is 13.0. The maximum atomic E-state index is 13.0. The molecule has 0 aromatic heterocycles. The number of nitrogens with zero attached hydrogens (tertiary/aromatic N) is 1. The van der Waals surface area contributed by atoms with Crippen LogP contribution in [0.1, 0.15) is 22.8 Å². The average molecular weight is 390 g/mol. The molecule has 1 amide bonds. The van der Waals surface area contributed by atoms with Crippen LogP contribution in [0.3, 0.4) is 0 Å². The predicted octanol–water partition coefficient (Wildman–Crippen LogP) is 5.45. The van der Waals surface area contributed by atoms with Gasteiger partial charge in [0.25, 0.3) is 5.91 Å². The first-order valence-corrected chi connectivity index (χ1v) is 9.64. The number of hydrogen-bond donors (Lipinski definition) is 0. The molecule has 3 aromatic carbocycles. The van der Waals surface area contributed by atoms with E-state index in [4.69, 9.17) is 12.2 Å². The molecule has 0 saturated carbocycles. The number of amides is 1. The minimum Gasteiger partial charge on any atom is -0.295 e. The Kier molecular flexibility index (Phi) is 4.64. The molecule has 0 aliphatic carbocycles. The normalized spacial score (nSPS) is 15.7. The molecule has 1 aliphatic heterocycles. The Balaban J connectivity index is 1.70. The van der Waals surface area contributed by atoms with Crippen LogP contribution in [0.25, 0.3) is 16.8 Å². The van der Waals surface area contributed by atoms with Gasteiger partial charge in [0.1, 0.15) is 0 Å². The zero-order valence-corrected chi connectivity index (χ0v) is 16.1. The van der Waals surface area contributed by atoms with Crippen LogP contribution in [0, 0.1) is 0 Å². The van der Waals surface area contributed by atoms with Gasteiger partial charge >= 0.3 is 0 Å². The van der Waals surface area contributed by atoms with Gasteiger partial charge in [0.15, 0.2) is 10.1 Å². The van der Waals surface area contributed by atoms with Crippen LogP contribution >= 0.6 is 24.0 Å². The monoisotopic (exact) mass is 389 g/mol. The van der Waals surface area contributed by atoms with Crippen LogP contribution in [0.2, 0.25) is 0 Å². The van der Waals surface area contributed by atoms with E-state index in [1.54, 1.807) is 24.3 Å². The van der Waals surface area contributed by atoms with Crippen molar-refractivity contribution in [1.82, 2.24) is 0 Å². The Morgan fingerprint density at radius 3 is 2.44 bits per heavy atom. The van der Waals surface area contributed by atoms with E-state index in [9.17, 15) is 9.59 Å². The van der Waals surface area contributed by atoms with E-state index in [0.717, 1.165) is 16.3 Å². The number of carbonyl (C=O) groups excluding carboxylic acids is 2. The van der Waals surface area contributed by atoms with Gasteiger partial charge in [-0.3, -0.25) is 14.5 Å². The molecule has 0 unspecified atom stereocenters. The quantitative estimate of drug-likeness (QED) is 0.339. The summed E-state index contributed by atoms with van der Waals surface area (Å²) in [7, 11) is 0. The highest BCUT2D eigenvalue weighted by Gasteiger charge is 2.33. The standard InChI is InChI=1S/C22H15NO2S2/c1-14(24)15-9-11-18(12-10-15)23-21(25)20(27-22(23)26)13-17-7-4-6-16-5-2-3-8-19(16)17/h2-13H,1H3. The Bertz CT molecular complexity index is 1110. The molecule has 0 radical (unpaired) electrons. The number of thiocarbonyl (C=S) groups is 1. The van der Waals surface area contributed by atoms with E-state index in [0.29, 0.717) is 20.5 Å². The van der Waals surface area contributed by atoms with E-state index in [1.807, 2.05) is 36.4 Å². The van der Waals surface area contributed by atoms with Crippen LogP contribution in [-0.2, 0) is 4.79 Å². The van der Waals surface area contributed by atoms with Gasteiger partial charge in [0, 0.05) is 5.56 Å². The van der Waals surface area contributed by atoms with Crippen LogP contribution < -0.4 is 4.90 Å². The van der Waals surface area contributed by atoms with Crippen LogP contribution in [0.5, 0.6) is 0 Å². The summed E-state index contributed by atoms with van der Waals surface area (Å²) in [5.74, 6) is -0.156. The number of hydrogen-bond acceptors (Lipinski definition) is 4. The molecule has 4 rings (SSSR count). The fourth-order valence-electron chi connectivity index (χ4n) is 3.05. The lowest BCUT2D eigenvalue weighted by Crippen LogP contribution is -2.27. The van der Waals surface area contributed by atoms with Crippen LogP contribution in [0.15, 0.2) is 71.6 Å². The molecule has 132 valence electrons. The summed E-state index contributed by atoms with van der Waals surface area (Å²) in [6.07, 6.45) is 1.89. The van der Waals surface area contributed by atoms with Crippen LogP contribution in [-0.4, -0.2) is 16.0 Å². The Morgan fingerprint density at radius 1 is 1.00 bits per heavy atom. The number of carbonyl (C=O) groups is 2. The molecule has 27 heavy (non-hydrogen) atoms. The Morgan fingerprint density at radius 2 is 1.70 bits per heavy atom. The number of rotatable bonds is 3. The topological polar surface area (TPSA) is 37.4 Å². The van der Waals surface area contributed by atoms with Crippen molar-refractivity contribution in [3.63, 3.8) is 0 Å². The first kappa shape index (κ1) is 17.6. The van der Waals surface area contributed by atoms with Gasteiger partial charge < -0.3 is 0 Å². The van der Waals surface area contributed by atoms with Crippen molar-refractivity contribution in [2.45, 2.75) is 6.92 Å². The van der Waals surface area contributed by atoms with E-state index >= 15 is 0 Å². The molecule has 3 nitrogen and oxygen atoms in total. The molecule has 0 N–H and O–H groups in total. The van der Waals surface area contributed by atoms with Crippen molar-refractivity contribution >= 4 is 62.5 Å². The van der Waals surface area contributed by atoms with Gasteiger partial charge in [-0.05, 0) is 53.6 Å². The summed E-state index contributed by atoms with van der Waals surface area (Å²) in [4.78, 5) is 26.5. The van der Waals surface area contributed by atoms with Gasteiger partial charge in [0.05, 0.1) is 10.6 Å². The lowest BCUT2D eigenvalue weighted by atomic mass is 10.0. The second kappa shape index (κ2) is 7.10. The molecule has 1 heterocycles. The first-order valence-electron chi connectivity index (χ1n) is 8.41. The molecule has 1 fully saturated rings. The van der Waals surface area contributed by atoms with Crippen molar-refractivity contribution in [3.05, 3.63) is 82.8 Å². The average Bonchev–Trinajstić information content (AvgIpc) is 2.95. The van der Waals surface area contributed by atoms with E-state index in [-0.39, 0.29) is 11.7 Å². The van der Waals surface area contributed by atoms with Gasteiger partial charge in [-0.15, -0.1) is 0 Å². The third kappa shape index (κ3) is 3.31. The smallest absolute Gasteiger partial charge is 0.270 e. The van der Waals surface area contributed by atoms with Crippen LogP contribution in [0.4, 0.5) is 5.69 Å². The molecule has 0 bridgehead atoms. The highest BCUT2D eigenvalue weighted by atomic mass is 32.2. The zero-order chi connectivity index (χ0) is 19.0. The summed E-state index contributed by atoms with van der Waals surface area (Å²) >= 11 is 6.73. The summed E-state index contributed by atoms with van der Waals surface area (Å²) in [5, 5.41) is 2.22. The number of ketones is 1. The van der Waals surface area contributed by atoms with Crippen molar-refractivity contribution in [2.75, 3.05) is 4.90 Å². The molecule has 1 aliphatic rings. The molecule has 3 aromatic rings. The lowest BCUT2D eigenvalue weighted by molar-refractivity contribution is -0.113. The van der Waals surface area contributed by atoms with Gasteiger partial charge in [-0.2, -0.15) is 0 Å². The van der Waals surface area contributed by atoms with Gasteiger partial charge in [-0.25, -0.2) is 0 Å². The second-order valence-corrected chi connectivity index (χ2v) is 7.86. The molecule has 0 atom stereocenters. The van der Waals surface area contributed by atoms with Crippen molar-refractivity contribution in [2.24, 2.45) is 0 Å². The maximum Gasteiger partial charge on any atom is 0.270 e. The highest BCUT2D eigenvalue weighted by Crippen LogP contribution is 2.36. The predicted molar refractivity (Wildman–Crippen MR) is 116 cm³/mol. The third-order valence-corrected chi connectivity index (χ3v) is 5.74. The molecular formula is C22H15NO2S2. The molecule has 0 spiro atoms. The van der Waals surface area contributed by atoms with Crippen molar-refractivity contribution < 1.29 is 9.59 Å². The van der Waals surface area contributed by atoms with Crippen molar-refractivity contribution in [1.29, 1.82) is 0 Å². The fourth-order valence-corrected chi connectivity index (χ4v) is 4.34. The SMILES string of the molecule is CC(=O)c1ccc(N2C(=O)C(=Cc3cccc4ccccc34)SC2=S)cc1. The minimum atomic E-state index is -0.145. The number of fused-ring (bicyclic) bond motifs is 1. The number of Topliss-reactive ketones (excluding diaryl/α,β-unsaturated/α-hetero) is 1.